The van der Waals surface area contributed by atoms with Crippen molar-refractivity contribution in [1.82, 2.24) is 4.98 Å². The second-order valence-corrected chi connectivity index (χ2v) is 3.52. The van der Waals surface area contributed by atoms with Crippen LogP contribution < -0.4 is 0 Å². The minimum atomic E-state index is 0.209. The molecular formula is C10H13NO. The maximum absolute atomic E-state index is 5.62. The van der Waals surface area contributed by atoms with Crippen molar-refractivity contribution >= 4 is 0 Å². The first kappa shape index (κ1) is 7.74. The third-order valence-electron chi connectivity index (χ3n) is 2.22. The zero-order valence-corrected chi connectivity index (χ0v) is 7.45. The molecule has 0 amide bonds. The quantitative estimate of drug-likeness (QED) is 0.633. The maximum atomic E-state index is 5.62. The highest BCUT2D eigenvalue weighted by Crippen LogP contribution is 2.33. The molecule has 0 saturated carbocycles. The van der Waals surface area contributed by atoms with E-state index >= 15 is 0 Å². The fourth-order valence-electron chi connectivity index (χ4n) is 1.60. The summed E-state index contributed by atoms with van der Waals surface area (Å²) in [6.07, 6.45) is 2.05. The Kier molecular flexibility index (Phi) is 1.85. The third-order valence-corrected chi connectivity index (χ3v) is 2.22. The Morgan fingerprint density at radius 2 is 2.42 bits per heavy atom. The van der Waals surface area contributed by atoms with Gasteiger partial charge in [-0.1, -0.05) is 19.9 Å². The Morgan fingerprint density at radius 1 is 1.58 bits per heavy atom. The van der Waals surface area contributed by atoms with Crippen LogP contribution in [-0.4, -0.2) is 4.98 Å². The highest BCUT2D eigenvalue weighted by atomic mass is 16.5. The van der Waals surface area contributed by atoms with E-state index in [0.29, 0.717) is 5.92 Å². The van der Waals surface area contributed by atoms with E-state index in [1.54, 1.807) is 0 Å². The average Bonchev–Trinajstić information content (AvgIpc) is 2.47. The molecule has 0 saturated heterocycles. The van der Waals surface area contributed by atoms with Crippen molar-refractivity contribution in [2.24, 2.45) is 5.92 Å². The topological polar surface area (TPSA) is 22.1 Å². The molecule has 2 heterocycles. The van der Waals surface area contributed by atoms with E-state index in [0.717, 1.165) is 12.3 Å². The minimum Gasteiger partial charge on any atom is -0.367 e. The van der Waals surface area contributed by atoms with Gasteiger partial charge in [0.25, 0.3) is 0 Å². The number of aromatic nitrogens is 1. The second-order valence-electron chi connectivity index (χ2n) is 3.52. The van der Waals surface area contributed by atoms with Gasteiger partial charge in [0.05, 0.1) is 12.3 Å². The molecule has 2 nitrogen and oxygen atoms in total. The predicted molar refractivity (Wildman–Crippen MR) is 46.6 cm³/mol. The Bertz CT molecular complexity index is 283. The number of pyridine rings is 1. The Hall–Kier alpha value is -0.890. The molecule has 0 fully saturated rings. The lowest BCUT2D eigenvalue weighted by atomic mass is 10.0. The summed E-state index contributed by atoms with van der Waals surface area (Å²) >= 11 is 0. The lowest BCUT2D eigenvalue weighted by Crippen LogP contribution is -2.05. The van der Waals surface area contributed by atoms with Crippen molar-refractivity contribution in [3.8, 4) is 0 Å². The van der Waals surface area contributed by atoms with Crippen LogP contribution >= 0.6 is 0 Å². The molecule has 1 aromatic rings. The van der Waals surface area contributed by atoms with Crippen molar-refractivity contribution < 1.29 is 4.74 Å². The minimum absolute atomic E-state index is 0.209. The van der Waals surface area contributed by atoms with Gasteiger partial charge >= 0.3 is 0 Å². The number of fused-ring (bicyclic) bond motifs is 1. The third kappa shape index (κ3) is 1.12. The molecule has 0 N–H and O–H groups in total. The average molecular weight is 163 g/mol. The van der Waals surface area contributed by atoms with Gasteiger partial charge in [0, 0.05) is 11.8 Å². The summed E-state index contributed by atoms with van der Waals surface area (Å²) in [4.78, 5) is 4.34. The number of ether oxygens (including phenoxy) is 1. The lowest BCUT2D eigenvalue weighted by molar-refractivity contribution is 0.0322. The van der Waals surface area contributed by atoms with Gasteiger partial charge < -0.3 is 4.74 Å². The van der Waals surface area contributed by atoms with Crippen LogP contribution in [0.25, 0.3) is 0 Å². The van der Waals surface area contributed by atoms with Gasteiger partial charge in [0.1, 0.15) is 6.10 Å². The van der Waals surface area contributed by atoms with Crippen molar-refractivity contribution in [2.75, 3.05) is 0 Å². The zero-order valence-electron chi connectivity index (χ0n) is 7.45. The molecule has 0 bridgehead atoms. The van der Waals surface area contributed by atoms with E-state index in [2.05, 4.69) is 24.9 Å². The summed E-state index contributed by atoms with van der Waals surface area (Å²) in [6.45, 7) is 5.05. The van der Waals surface area contributed by atoms with Gasteiger partial charge in [0.15, 0.2) is 0 Å². The largest absolute Gasteiger partial charge is 0.367 e. The van der Waals surface area contributed by atoms with Crippen molar-refractivity contribution in [3.63, 3.8) is 0 Å². The Labute approximate surface area is 72.6 Å². The number of hydrogen-bond acceptors (Lipinski definition) is 2. The molecule has 12 heavy (non-hydrogen) atoms. The molecule has 1 aliphatic heterocycles. The van der Waals surface area contributed by atoms with Crippen LogP contribution in [0.3, 0.4) is 0 Å². The van der Waals surface area contributed by atoms with Gasteiger partial charge in [-0.3, -0.25) is 4.98 Å². The van der Waals surface area contributed by atoms with Crippen LogP contribution in [-0.2, 0) is 11.3 Å². The van der Waals surface area contributed by atoms with Crippen molar-refractivity contribution in [2.45, 2.75) is 26.6 Å². The maximum Gasteiger partial charge on any atom is 0.103 e. The molecule has 64 valence electrons. The SMILES string of the molecule is CC(C)C1OCc2cccnc21. The summed E-state index contributed by atoms with van der Waals surface area (Å²) < 4.78 is 5.62. The van der Waals surface area contributed by atoms with E-state index < -0.39 is 0 Å². The molecule has 1 atom stereocenters. The normalized spacial score (nSPS) is 21.4. The van der Waals surface area contributed by atoms with Crippen LogP contribution in [0.2, 0.25) is 0 Å². The first-order valence-electron chi connectivity index (χ1n) is 4.34. The zero-order chi connectivity index (χ0) is 8.55. The first-order valence-corrected chi connectivity index (χ1v) is 4.34. The summed E-state index contributed by atoms with van der Waals surface area (Å²) in [5, 5.41) is 0. The second kappa shape index (κ2) is 2.87. The van der Waals surface area contributed by atoms with Gasteiger partial charge in [-0.25, -0.2) is 0 Å². The van der Waals surface area contributed by atoms with Crippen LogP contribution in [0.5, 0.6) is 0 Å². The molecule has 2 heteroatoms. The first-order chi connectivity index (χ1) is 5.79. The summed E-state index contributed by atoms with van der Waals surface area (Å²) in [6, 6.07) is 4.05. The van der Waals surface area contributed by atoms with Crippen LogP contribution in [0.1, 0.15) is 31.2 Å². The van der Waals surface area contributed by atoms with Crippen LogP contribution in [0.4, 0.5) is 0 Å². The standard InChI is InChI=1S/C10H13NO/c1-7(2)10-9-8(6-12-10)4-3-5-11-9/h3-5,7,10H,6H2,1-2H3. The Balaban J connectivity index is 2.36. The highest BCUT2D eigenvalue weighted by Gasteiger charge is 2.26. The van der Waals surface area contributed by atoms with E-state index in [1.165, 1.54) is 5.56 Å². The number of nitrogens with zero attached hydrogens (tertiary/aromatic N) is 1. The van der Waals surface area contributed by atoms with Gasteiger partial charge in [0.2, 0.25) is 0 Å². The molecule has 1 unspecified atom stereocenters. The van der Waals surface area contributed by atoms with E-state index in [4.69, 9.17) is 4.74 Å². The predicted octanol–water partition coefficient (Wildman–Crippen LogP) is 2.31. The molecule has 1 aliphatic rings. The highest BCUT2D eigenvalue weighted by molar-refractivity contribution is 5.24. The van der Waals surface area contributed by atoms with Gasteiger partial charge in [-0.2, -0.15) is 0 Å². The Morgan fingerprint density at radius 3 is 3.17 bits per heavy atom. The molecular weight excluding hydrogens is 150 g/mol. The van der Waals surface area contributed by atoms with Gasteiger partial charge in [-0.05, 0) is 12.0 Å². The molecule has 0 radical (unpaired) electrons. The van der Waals surface area contributed by atoms with E-state index in [1.807, 2.05) is 12.3 Å². The molecule has 0 aromatic carbocycles. The number of rotatable bonds is 1. The van der Waals surface area contributed by atoms with Crippen LogP contribution in [0.15, 0.2) is 18.3 Å². The molecule has 2 rings (SSSR count). The molecule has 1 aromatic heterocycles. The summed E-state index contributed by atoms with van der Waals surface area (Å²) in [7, 11) is 0. The van der Waals surface area contributed by atoms with Crippen molar-refractivity contribution in [1.29, 1.82) is 0 Å². The fourth-order valence-corrected chi connectivity index (χ4v) is 1.60. The molecule has 0 aliphatic carbocycles. The number of hydrogen-bond donors (Lipinski definition) is 0. The lowest BCUT2D eigenvalue weighted by Gasteiger charge is -2.13. The molecule has 0 spiro atoms. The fraction of sp³-hybridized carbons (Fsp3) is 0.500. The van der Waals surface area contributed by atoms with Crippen LogP contribution in [0, 0.1) is 5.92 Å². The summed E-state index contributed by atoms with van der Waals surface area (Å²) in [5.41, 5.74) is 2.38. The van der Waals surface area contributed by atoms with E-state index in [-0.39, 0.29) is 6.10 Å². The monoisotopic (exact) mass is 163 g/mol. The smallest absolute Gasteiger partial charge is 0.103 e. The van der Waals surface area contributed by atoms with Crippen molar-refractivity contribution in [3.05, 3.63) is 29.6 Å². The van der Waals surface area contributed by atoms with Gasteiger partial charge in [-0.15, -0.1) is 0 Å². The van der Waals surface area contributed by atoms with E-state index in [9.17, 15) is 0 Å². The summed E-state index contributed by atoms with van der Waals surface area (Å²) in [5.74, 6) is 0.515.